The van der Waals surface area contributed by atoms with Gasteiger partial charge in [0.2, 0.25) is 0 Å². The molecule has 1 aromatic rings. The van der Waals surface area contributed by atoms with Crippen LogP contribution in [0.1, 0.15) is 38.9 Å². The van der Waals surface area contributed by atoms with Gasteiger partial charge in [0.05, 0.1) is 18.7 Å². The van der Waals surface area contributed by atoms with E-state index in [1.165, 1.54) is 0 Å². The third-order valence-electron chi connectivity index (χ3n) is 3.75. The van der Waals surface area contributed by atoms with Crippen molar-refractivity contribution in [2.45, 2.75) is 51.0 Å². The molecule has 2 saturated heterocycles. The number of benzene rings is 1. The van der Waals surface area contributed by atoms with E-state index < -0.39 is 5.60 Å². The number of hydrogen-bond acceptors (Lipinski definition) is 3. The average molecular weight is 275 g/mol. The maximum absolute atomic E-state index is 12.3. The van der Waals surface area contributed by atoms with E-state index >= 15 is 0 Å². The average Bonchev–Trinajstić information content (AvgIpc) is 2.97. The SMILES string of the molecule is CC(C)(C)OC(=O)N1C[C@H]2C[C@@H]1[C@H](c1ccccc1)O2. The first-order valence-electron chi connectivity index (χ1n) is 7.14. The molecule has 3 atom stereocenters. The molecular weight excluding hydrogens is 254 g/mol. The van der Waals surface area contributed by atoms with Crippen molar-refractivity contribution in [2.75, 3.05) is 6.54 Å². The maximum Gasteiger partial charge on any atom is 0.410 e. The molecule has 0 N–H and O–H groups in total. The molecule has 0 aliphatic carbocycles. The lowest BCUT2D eigenvalue weighted by molar-refractivity contribution is -0.0467. The minimum atomic E-state index is -0.456. The minimum absolute atomic E-state index is 0.0255. The standard InChI is InChI=1S/C16H21NO3/c1-16(2,3)20-15(18)17-10-12-9-13(17)14(19-12)11-7-5-4-6-8-11/h4-8,12-14H,9-10H2,1-3H3/t12-,13-,14+/m1/s1. The fraction of sp³-hybridized carbons (Fsp3) is 0.562. The number of hydrogen-bond donors (Lipinski definition) is 0. The van der Waals surface area contributed by atoms with Gasteiger partial charge in [-0.15, -0.1) is 0 Å². The van der Waals surface area contributed by atoms with Crippen LogP contribution in [-0.4, -0.2) is 35.3 Å². The Labute approximate surface area is 119 Å². The Morgan fingerprint density at radius 1 is 1.30 bits per heavy atom. The number of ether oxygens (including phenoxy) is 2. The van der Waals surface area contributed by atoms with E-state index in [1.54, 1.807) is 0 Å². The zero-order valence-corrected chi connectivity index (χ0v) is 12.2. The van der Waals surface area contributed by atoms with Crippen molar-refractivity contribution in [3.63, 3.8) is 0 Å². The lowest BCUT2D eigenvalue weighted by Gasteiger charge is -2.34. The van der Waals surface area contributed by atoms with E-state index in [-0.39, 0.29) is 24.3 Å². The fourth-order valence-corrected chi connectivity index (χ4v) is 2.98. The van der Waals surface area contributed by atoms with Crippen LogP contribution in [0.5, 0.6) is 0 Å². The molecule has 3 rings (SSSR count). The first-order valence-corrected chi connectivity index (χ1v) is 7.14. The Kier molecular flexibility index (Phi) is 3.21. The van der Waals surface area contributed by atoms with E-state index in [0.29, 0.717) is 6.54 Å². The van der Waals surface area contributed by atoms with Crippen molar-refractivity contribution in [2.24, 2.45) is 0 Å². The summed E-state index contributed by atoms with van der Waals surface area (Å²) in [6.45, 7) is 6.32. The Balaban J connectivity index is 1.75. The summed E-state index contributed by atoms with van der Waals surface area (Å²) in [5, 5.41) is 0. The predicted molar refractivity (Wildman–Crippen MR) is 75.4 cm³/mol. The third kappa shape index (κ3) is 2.52. The zero-order chi connectivity index (χ0) is 14.3. The molecule has 108 valence electrons. The van der Waals surface area contributed by atoms with Crippen molar-refractivity contribution in [3.05, 3.63) is 35.9 Å². The van der Waals surface area contributed by atoms with Gasteiger partial charge in [-0.3, -0.25) is 4.90 Å². The molecule has 2 fully saturated rings. The lowest BCUT2D eigenvalue weighted by Crippen LogP contribution is -2.45. The second kappa shape index (κ2) is 4.77. The molecule has 20 heavy (non-hydrogen) atoms. The van der Waals surface area contributed by atoms with Gasteiger partial charge < -0.3 is 9.47 Å². The third-order valence-corrected chi connectivity index (χ3v) is 3.75. The summed E-state index contributed by atoms with van der Waals surface area (Å²) in [5.41, 5.74) is 0.676. The molecule has 0 unspecified atom stereocenters. The Morgan fingerprint density at radius 2 is 2.00 bits per heavy atom. The monoisotopic (exact) mass is 275 g/mol. The second-order valence-electron chi connectivity index (χ2n) is 6.53. The highest BCUT2D eigenvalue weighted by atomic mass is 16.6. The summed E-state index contributed by atoms with van der Waals surface area (Å²) in [6.07, 6.45) is 0.785. The van der Waals surface area contributed by atoms with E-state index in [9.17, 15) is 4.79 Å². The van der Waals surface area contributed by atoms with E-state index in [2.05, 4.69) is 12.1 Å². The largest absolute Gasteiger partial charge is 0.444 e. The Hall–Kier alpha value is -1.55. The summed E-state index contributed by atoms with van der Waals surface area (Å²) in [5.74, 6) is 0. The quantitative estimate of drug-likeness (QED) is 0.790. The smallest absolute Gasteiger partial charge is 0.410 e. The predicted octanol–water partition coefficient (Wildman–Crippen LogP) is 3.14. The van der Waals surface area contributed by atoms with Crippen molar-refractivity contribution < 1.29 is 14.3 Å². The molecule has 0 saturated carbocycles. The first kappa shape index (κ1) is 13.4. The van der Waals surface area contributed by atoms with Crippen molar-refractivity contribution in [1.82, 2.24) is 4.90 Å². The van der Waals surface area contributed by atoms with Gasteiger partial charge in [-0.2, -0.15) is 0 Å². The van der Waals surface area contributed by atoms with Gasteiger partial charge in [-0.1, -0.05) is 30.3 Å². The number of rotatable bonds is 1. The lowest BCUT2D eigenvalue weighted by atomic mass is 10.0. The minimum Gasteiger partial charge on any atom is -0.444 e. The Bertz CT molecular complexity index is 494. The number of nitrogens with zero attached hydrogens (tertiary/aromatic N) is 1. The topological polar surface area (TPSA) is 38.8 Å². The van der Waals surface area contributed by atoms with Gasteiger partial charge in [-0.05, 0) is 32.8 Å². The summed E-state index contributed by atoms with van der Waals surface area (Å²) in [7, 11) is 0. The molecule has 2 bridgehead atoms. The summed E-state index contributed by atoms with van der Waals surface area (Å²) >= 11 is 0. The van der Waals surface area contributed by atoms with E-state index in [0.717, 1.165) is 12.0 Å². The van der Waals surface area contributed by atoms with E-state index in [4.69, 9.17) is 9.47 Å². The number of fused-ring (bicyclic) bond motifs is 2. The molecule has 2 heterocycles. The maximum atomic E-state index is 12.3. The van der Waals surface area contributed by atoms with Gasteiger partial charge >= 0.3 is 6.09 Å². The molecule has 0 aromatic heterocycles. The number of likely N-dealkylation sites (tertiary alicyclic amines) is 1. The van der Waals surface area contributed by atoms with Gasteiger partial charge in [0.15, 0.2) is 0 Å². The number of morpholine rings is 1. The molecule has 1 aromatic carbocycles. The van der Waals surface area contributed by atoms with Crippen LogP contribution in [0.4, 0.5) is 4.79 Å². The van der Waals surface area contributed by atoms with Crippen molar-refractivity contribution in [3.8, 4) is 0 Å². The fourth-order valence-electron chi connectivity index (χ4n) is 2.98. The normalized spacial score (nSPS) is 28.8. The van der Waals surface area contributed by atoms with Crippen LogP contribution < -0.4 is 0 Å². The molecule has 4 nitrogen and oxygen atoms in total. The van der Waals surface area contributed by atoms with Crippen molar-refractivity contribution >= 4 is 6.09 Å². The van der Waals surface area contributed by atoms with Crippen molar-refractivity contribution in [1.29, 1.82) is 0 Å². The van der Waals surface area contributed by atoms with E-state index in [1.807, 2.05) is 43.9 Å². The first-order chi connectivity index (χ1) is 9.44. The van der Waals surface area contributed by atoms with Gasteiger partial charge in [-0.25, -0.2) is 4.79 Å². The zero-order valence-electron chi connectivity index (χ0n) is 12.2. The highest BCUT2D eigenvalue weighted by Crippen LogP contribution is 2.42. The van der Waals surface area contributed by atoms with Crippen LogP contribution in [-0.2, 0) is 9.47 Å². The van der Waals surface area contributed by atoms with Crippen LogP contribution >= 0.6 is 0 Å². The molecule has 2 aliphatic heterocycles. The van der Waals surface area contributed by atoms with Gasteiger partial charge in [0.25, 0.3) is 0 Å². The number of carbonyl (C=O) groups excluding carboxylic acids is 1. The molecular formula is C16H21NO3. The van der Waals surface area contributed by atoms with Gasteiger partial charge in [0, 0.05) is 0 Å². The van der Waals surface area contributed by atoms with Crippen LogP contribution in [0.2, 0.25) is 0 Å². The van der Waals surface area contributed by atoms with Crippen LogP contribution in [0, 0.1) is 0 Å². The highest BCUT2D eigenvalue weighted by Gasteiger charge is 2.49. The second-order valence-corrected chi connectivity index (χ2v) is 6.53. The molecule has 2 aliphatic rings. The van der Waals surface area contributed by atoms with Crippen LogP contribution in [0.25, 0.3) is 0 Å². The molecule has 1 amide bonds. The summed E-state index contributed by atoms with van der Waals surface area (Å²) < 4.78 is 11.5. The summed E-state index contributed by atoms with van der Waals surface area (Å²) in [4.78, 5) is 14.1. The molecule has 0 spiro atoms. The van der Waals surface area contributed by atoms with Crippen LogP contribution in [0.3, 0.4) is 0 Å². The van der Waals surface area contributed by atoms with Gasteiger partial charge in [0.1, 0.15) is 11.7 Å². The molecule has 4 heteroatoms. The van der Waals surface area contributed by atoms with Crippen LogP contribution in [0.15, 0.2) is 30.3 Å². The summed E-state index contributed by atoms with van der Waals surface area (Å²) in [6, 6.07) is 10.2. The number of carbonyl (C=O) groups is 1. The number of amides is 1. The molecule has 0 radical (unpaired) electrons. The highest BCUT2D eigenvalue weighted by molar-refractivity contribution is 5.69. The Morgan fingerprint density at radius 3 is 2.60 bits per heavy atom.